The van der Waals surface area contributed by atoms with Gasteiger partial charge >= 0.3 is 0 Å². The van der Waals surface area contributed by atoms with Gasteiger partial charge in [0, 0.05) is 31.0 Å². The fraction of sp³-hybridized carbons (Fsp3) is 0.440. The van der Waals surface area contributed by atoms with Gasteiger partial charge < -0.3 is 15.0 Å². The van der Waals surface area contributed by atoms with Crippen LogP contribution in [0.15, 0.2) is 54.6 Å². The second-order valence-electron chi connectivity index (χ2n) is 7.48. The standard InChI is InChI=1S/C25H34N2O3S/c1-4-5-15-26-25(29)20(2)27(18-22-12-9-13-23(17-22)30-3)24(28)14-16-31-19-21-10-7-6-8-11-21/h6-13,17,20H,4-5,14-16,18-19H2,1-3H3,(H,26,29)/t20-/m1/s1. The van der Waals surface area contributed by atoms with Gasteiger partial charge in [-0.2, -0.15) is 11.8 Å². The number of unbranched alkanes of at least 4 members (excludes halogenated alkanes) is 1. The Kier molecular flexibility index (Phi) is 11.0. The normalized spacial score (nSPS) is 11.6. The zero-order valence-electron chi connectivity index (χ0n) is 18.8. The molecule has 0 unspecified atom stereocenters. The van der Waals surface area contributed by atoms with E-state index in [0.29, 0.717) is 25.3 Å². The highest BCUT2D eigenvalue weighted by molar-refractivity contribution is 7.98. The van der Waals surface area contributed by atoms with E-state index in [-0.39, 0.29) is 11.8 Å². The first-order chi connectivity index (χ1) is 15.0. The first kappa shape index (κ1) is 24.8. The Labute approximate surface area is 190 Å². The third kappa shape index (κ3) is 8.66. The van der Waals surface area contributed by atoms with Gasteiger partial charge in [-0.1, -0.05) is 55.8 Å². The highest BCUT2D eigenvalue weighted by Crippen LogP contribution is 2.18. The molecule has 0 aliphatic rings. The van der Waals surface area contributed by atoms with E-state index in [1.165, 1.54) is 5.56 Å². The third-order valence-corrected chi connectivity index (χ3v) is 6.09. The minimum absolute atomic E-state index is 0.0125. The van der Waals surface area contributed by atoms with Crippen molar-refractivity contribution in [2.75, 3.05) is 19.4 Å². The Hall–Kier alpha value is -2.47. The highest BCUT2D eigenvalue weighted by Gasteiger charge is 2.25. The largest absolute Gasteiger partial charge is 0.497 e. The predicted octanol–water partition coefficient (Wildman–Crippen LogP) is 4.65. The molecule has 0 aliphatic heterocycles. The predicted molar refractivity (Wildman–Crippen MR) is 128 cm³/mol. The molecular weight excluding hydrogens is 408 g/mol. The molecule has 2 rings (SSSR count). The summed E-state index contributed by atoms with van der Waals surface area (Å²) in [6.07, 6.45) is 2.34. The summed E-state index contributed by atoms with van der Waals surface area (Å²) in [5.41, 5.74) is 2.19. The van der Waals surface area contributed by atoms with Crippen molar-refractivity contribution in [3.05, 3.63) is 65.7 Å². The monoisotopic (exact) mass is 442 g/mol. The summed E-state index contributed by atoms with van der Waals surface area (Å²) in [5, 5.41) is 2.95. The van der Waals surface area contributed by atoms with Gasteiger partial charge in [0.2, 0.25) is 11.8 Å². The number of ether oxygens (including phenoxy) is 1. The molecule has 2 aromatic rings. The van der Waals surface area contributed by atoms with Crippen molar-refractivity contribution in [3.63, 3.8) is 0 Å². The molecule has 0 aliphatic carbocycles. The topological polar surface area (TPSA) is 58.6 Å². The van der Waals surface area contributed by atoms with E-state index in [2.05, 4.69) is 24.4 Å². The molecule has 168 valence electrons. The molecule has 0 saturated carbocycles. The smallest absolute Gasteiger partial charge is 0.242 e. The molecule has 5 nitrogen and oxygen atoms in total. The average molecular weight is 443 g/mol. The maximum Gasteiger partial charge on any atom is 0.242 e. The lowest BCUT2D eigenvalue weighted by Crippen LogP contribution is -2.47. The van der Waals surface area contributed by atoms with Crippen molar-refractivity contribution in [2.24, 2.45) is 0 Å². The first-order valence-corrected chi connectivity index (χ1v) is 12.0. The zero-order valence-corrected chi connectivity index (χ0v) is 19.6. The number of carbonyl (C=O) groups is 2. The molecule has 0 bridgehead atoms. The first-order valence-electron chi connectivity index (χ1n) is 10.9. The van der Waals surface area contributed by atoms with Crippen molar-refractivity contribution in [3.8, 4) is 5.75 Å². The maximum atomic E-state index is 13.1. The second-order valence-corrected chi connectivity index (χ2v) is 8.59. The molecule has 1 N–H and O–H groups in total. The molecule has 6 heteroatoms. The number of rotatable bonds is 13. The Morgan fingerprint density at radius 1 is 1.10 bits per heavy atom. The van der Waals surface area contributed by atoms with E-state index < -0.39 is 6.04 Å². The fourth-order valence-electron chi connectivity index (χ4n) is 3.15. The van der Waals surface area contributed by atoms with Crippen molar-refractivity contribution in [1.29, 1.82) is 0 Å². The number of amides is 2. The van der Waals surface area contributed by atoms with Crippen LogP contribution in [0.2, 0.25) is 0 Å². The van der Waals surface area contributed by atoms with Crippen LogP contribution in [0.3, 0.4) is 0 Å². The summed E-state index contributed by atoms with van der Waals surface area (Å²) in [6.45, 7) is 4.90. The summed E-state index contributed by atoms with van der Waals surface area (Å²) in [7, 11) is 1.62. The molecule has 2 amide bonds. The lowest BCUT2D eigenvalue weighted by molar-refractivity contribution is -0.140. The van der Waals surface area contributed by atoms with Gasteiger partial charge in [0.05, 0.1) is 7.11 Å². The van der Waals surface area contributed by atoms with Crippen LogP contribution in [-0.4, -0.2) is 42.2 Å². The Morgan fingerprint density at radius 2 is 1.84 bits per heavy atom. The van der Waals surface area contributed by atoms with Gasteiger partial charge in [0.25, 0.3) is 0 Å². The summed E-state index contributed by atoms with van der Waals surface area (Å²) in [6, 6.07) is 17.3. The minimum Gasteiger partial charge on any atom is -0.497 e. The summed E-state index contributed by atoms with van der Waals surface area (Å²) >= 11 is 1.73. The van der Waals surface area contributed by atoms with Gasteiger partial charge in [0.1, 0.15) is 11.8 Å². The third-order valence-electron chi connectivity index (χ3n) is 5.06. The van der Waals surface area contributed by atoms with Gasteiger partial charge in [-0.05, 0) is 36.6 Å². The highest BCUT2D eigenvalue weighted by atomic mass is 32.2. The van der Waals surface area contributed by atoms with E-state index in [1.807, 2.05) is 42.5 Å². The van der Waals surface area contributed by atoms with Crippen LogP contribution < -0.4 is 10.1 Å². The maximum absolute atomic E-state index is 13.1. The van der Waals surface area contributed by atoms with Crippen LogP contribution in [0.5, 0.6) is 5.75 Å². The zero-order chi connectivity index (χ0) is 22.5. The molecule has 0 radical (unpaired) electrons. The molecule has 1 atom stereocenters. The van der Waals surface area contributed by atoms with E-state index in [0.717, 1.165) is 29.9 Å². The molecule has 31 heavy (non-hydrogen) atoms. The minimum atomic E-state index is -0.533. The number of nitrogens with zero attached hydrogens (tertiary/aromatic N) is 1. The summed E-state index contributed by atoms with van der Waals surface area (Å²) in [4.78, 5) is 27.4. The number of carbonyl (C=O) groups excluding carboxylic acids is 2. The van der Waals surface area contributed by atoms with E-state index in [1.54, 1.807) is 30.7 Å². The Morgan fingerprint density at radius 3 is 2.55 bits per heavy atom. The van der Waals surface area contributed by atoms with Gasteiger partial charge in [0.15, 0.2) is 0 Å². The van der Waals surface area contributed by atoms with Crippen molar-refractivity contribution in [1.82, 2.24) is 10.2 Å². The van der Waals surface area contributed by atoms with Crippen LogP contribution in [-0.2, 0) is 21.9 Å². The quantitative estimate of drug-likeness (QED) is 0.459. The van der Waals surface area contributed by atoms with E-state index >= 15 is 0 Å². The van der Waals surface area contributed by atoms with Crippen LogP contribution >= 0.6 is 11.8 Å². The molecule has 0 aromatic heterocycles. The van der Waals surface area contributed by atoms with Crippen molar-refractivity contribution >= 4 is 23.6 Å². The fourth-order valence-corrected chi connectivity index (χ4v) is 4.05. The van der Waals surface area contributed by atoms with E-state index in [9.17, 15) is 9.59 Å². The molecule has 0 saturated heterocycles. The molecule has 0 fully saturated rings. The molecule has 0 spiro atoms. The van der Waals surface area contributed by atoms with Gasteiger partial charge in [-0.15, -0.1) is 0 Å². The lowest BCUT2D eigenvalue weighted by atomic mass is 10.1. The number of hydrogen-bond acceptors (Lipinski definition) is 4. The van der Waals surface area contributed by atoms with Crippen LogP contribution in [0, 0.1) is 0 Å². The number of nitrogens with one attached hydrogen (secondary N) is 1. The second kappa shape index (κ2) is 13.8. The number of thioether (sulfide) groups is 1. The Balaban J connectivity index is 2.00. The van der Waals surface area contributed by atoms with E-state index in [4.69, 9.17) is 4.74 Å². The lowest BCUT2D eigenvalue weighted by Gasteiger charge is -2.29. The number of hydrogen-bond donors (Lipinski definition) is 1. The van der Waals surface area contributed by atoms with Crippen molar-refractivity contribution in [2.45, 2.75) is 51.4 Å². The summed E-state index contributed by atoms with van der Waals surface area (Å²) in [5.74, 6) is 2.20. The molecule has 2 aromatic carbocycles. The molecular formula is C25H34N2O3S. The molecule has 0 heterocycles. The summed E-state index contributed by atoms with van der Waals surface area (Å²) < 4.78 is 5.31. The Bertz CT molecular complexity index is 813. The van der Waals surface area contributed by atoms with Gasteiger partial charge in [-0.25, -0.2) is 0 Å². The van der Waals surface area contributed by atoms with Crippen LogP contribution in [0.1, 0.15) is 44.2 Å². The SMILES string of the molecule is CCCCNC(=O)[C@@H](C)N(Cc1cccc(OC)c1)C(=O)CCSCc1ccccc1. The van der Waals surface area contributed by atoms with Crippen molar-refractivity contribution < 1.29 is 14.3 Å². The number of methoxy groups -OCH3 is 1. The van der Waals surface area contributed by atoms with Crippen LogP contribution in [0.4, 0.5) is 0 Å². The van der Waals surface area contributed by atoms with Crippen LogP contribution in [0.25, 0.3) is 0 Å². The average Bonchev–Trinajstić information content (AvgIpc) is 2.80. The van der Waals surface area contributed by atoms with Gasteiger partial charge in [-0.3, -0.25) is 9.59 Å². The number of benzene rings is 2.